The van der Waals surface area contributed by atoms with Crippen LogP contribution in [0.5, 0.6) is 0 Å². The average Bonchev–Trinajstić information content (AvgIpc) is 3.00. The number of imidazole rings is 1. The Kier molecular flexibility index (Phi) is 5.64. The first-order chi connectivity index (χ1) is 14.4. The predicted octanol–water partition coefficient (Wildman–Crippen LogP) is 6.55. The van der Waals surface area contributed by atoms with Crippen molar-refractivity contribution in [1.82, 2.24) is 9.13 Å². The maximum absolute atomic E-state index is 5.86. The van der Waals surface area contributed by atoms with E-state index in [1.54, 1.807) is 0 Å². The summed E-state index contributed by atoms with van der Waals surface area (Å²) in [7, 11) is 0. The van der Waals surface area contributed by atoms with Crippen LogP contribution in [0.1, 0.15) is 22.3 Å². The fourth-order valence-electron chi connectivity index (χ4n) is 3.62. The van der Waals surface area contributed by atoms with Gasteiger partial charge < -0.3 is 10.6 Å². The Hall–Kier alpha value is -3.05. The molecule has 0 saturated heterocycles. The number of benzene rings is 3. The van der Waals surface area contributed by atoms with Crippen molar-refractivity contribution in [2.24, 2.45) is 0 Å². The minimum atomic E-state index is 0.623. The minimum Gasteiger partial charge on any atom is -0.367 e. The minimum absolute atomic E-state index is 0.623. The summed E-state index contributed by atoms with van der Waals surface area (Å²) in [6.45, 7) is 9.78. The molecule has 0 unspecified atom stereocenters. The van der Waals surface area contributed by atoms with Crippen LogP contribution in [0.15, 0.2) is 60.7 Å². The molecule has 0 radical (unpaired) electrons. The van der Waals surface area contributed by atoms with Crippen LogP contribution in [-0.4, -0.2) is 9.13 Å². The Labute approximate surface area is 183 Å². The highest BCUT2D eigenvalue weighted by Gasteiger charge is 2.10. The normalized spacial score (nSPS) is 11.1. The molecule has 1 aromatic heterocycles. The van der Waals surface area contributed by atoms with Gasteiger partial charge in [0.2, 0.25) is 0 Å². The van der Waals surface area contributed by atoms with Gasteiger partial charge in [-0.15, -0.1) is 0 Å². The highest BCUT2D eigenvalue weighted by atomic mass is 32.1. The van der Waals surface area contributed by atoms with Gasteiger partial charge in [-0.1, -0.05) is 24.3 Å². The lowest BCUT2D eigenvalue weighted by Gasteiger charge is -2.11. The second-order valence-electron chi connectivity index (χ2n) is 7.90. The van der Waals surface area contributed by atoms with E-state index in [2.05, 4.69) is 108 Å². The van der Waals surface area contributed by atoms with Crippen molar-refractivity contribution in [2.75, 3.05) is 10.6 Å². The van der Waals surface area contributed by atoms with E-state index in [-0.39, 0.29) is 0 Å². The van der Waals surface area contributed by atoms with Gasteiger partial charge >= 0.3 is 0 Å². The summed E-state index contributed by atoms with van der Waals surface area (Å²) >= 11 is 5.86. The Bertz CT molecular complexity index is 1170. The molecule has 4 nitrogen and oxygen atoms in total. The molecule has 4 aromatic rings. The SMILES string of the molecule is Cc1ccc(NCn2c(=S)n(CNc3ccc(C)c(C)c3)c3ccccc32)cc1C. The zero-order valence-electron chi connectivity index (χ0n) is 18.0. The van der Waals surface area contributed by atoms with Crippen LogP contribution in [0.3, 0.4) is 0 Å². The number of rotatable bonds is 6. The van der Waals surface area contributed by atoms with Crippen LogP contribution in [0.2, 0.25) is 0 Å². The Morgan fingerprint density at radius 1 is 0.633 bits per heavy atom. The van der Waals surface area contributed by atoms with Crippen molar-refractivity contribution in [3.05, 3.63) is 87.7 Å². The maximum Gasteiger partial charge on any atom is 0.183 e. The first kappa shape index (κ1) is 20.2. The molecule has 3 aromatic carbocycles. The van der Waals surface area contributed by atoms with Crippen molar-refractivity contribution >= 4 is 34.6 Å². The van der Waals surface area contributed by atoms with Gasteiger partial charge in [-0.2, -0.15) is 0 Å². The first-order valence-corrected chi connectivity index (χ1v) is 10.6. The summed E-state index contributed by atoms with van der Waals surface area (Å²) in [5, 5.41) is 7.05. The van der Waals surface area contributed by atoms with Gasteiger partial charge in [-0.3, -0.25) is 9.13 Å². The summed E-state index contributed by atoms with van der Waals surface area (Å²) in [6.07, 6.45) is 0. The average molecular weight is 417 g/mol. The Balaban J connectivity index is 1.61. The number of anilines is 2. The van der Waals surface area contributed by atoms with Crippen molar-refractivity contribution in [3.8, 4) is 0 Å². The van der Waals surface area contributed by atoms with Crippen LogP contribution in [0.4, 0.5) is 11.4 Å². The van der Waals surface area contributed by atoms with E-state index in [9.17, 15) is 0 Å². The van der Waals surface area contributed by atoms with Crippen LogP contribution >= 0.6 is 12.2 Å². The number of hydrogen-bond donors (Lipinski definition) is 2. The molecule has 0 atom stereocenters. The predicted molar refractivity (Wildman–Crippen MR) is 130 cm³/mol. The zero-order valence-corrected chi connectivity index (χ0v) is 18.8. The quantitative estimate of drug-likeness (QED) is 0.350. The van der Waals surface area contributed by atoms with Gasteiger partial charge in [0, 0.05) is 11.4 Å². The third-order valence-electron chi connectivity index (χ3n) is 5.82. The van der Waals surface area contributed by atoms with Crippen LogP contribution in [-0.2, 0) is 13.3 Å². The van der Waals surface area contributed by atoms with Crippen molar-refractivity contribution in [1.29, 1.82) is 0 Å². The number of fused-ring (bicyclic) bond motifs is 1. The standard InChI is InChI=1S/C25H28N4S/c1-17-9-11-21(13-19(17)3)26-15-28-23-7-5-6-8-24(23)29(25(28)30)16-27-22-12-10-18(2)20(4)14-22/h5-14,26-27H,15-16H2,1-4H3. The van der Waals surface area contributed by atoms with Gasteiger partial charge in [0.1, 0.15) is 0 Å². The molecule has 2 N–H and O–H groups in total. The van der Waals surface area contributed by atoms with Crippen molar-refractivity contribution in [2.45, 2.75) is 41.0 Å². The van der Waals surface area contributed by atoms with E-state index < -0.39 is 0 Å². The largest absolute Gasteiger partial charge is 0.367 e. The van der Waals surface area contributed by atoms with Crippen LogP contribution < -0.4 is 10.6 Å². The lowest BCUT2D eigenvalue weighted by atomic mass is 10.1. The van der Waals surface area contributed by atoms with Crippen molar-refractivity contribution in [3.63, 3.8) is 0 Å². The summed E-state index contributed by atoms with van der Waals surface area (Å²) in [6, 6.07) is 21.3. The van der Waals surface area contributed by atoms with Gasteiger partial charge in [0.05, 0.1) is 24.4 Å². The maximum atomic E-state index is 5.86. The molecule has 0 aliphatic heterocycles. The molecule has 0 aliphatic carbocycles. The van der Waals surface area contributed by atoms with Crippen molar-refractivity contribution < 1.29 is 0 Å². The molecule has 0 saturated carbocycles. The third-order valence-corrected chi connectivity index (χ3v) is 6.26. The number of aryl methyl sites for hydroxylation is 4. The molecule has 30 heavy (non-hydrogen) atoms. The first-order valence-electron chi connectivity index (χ1n) is 10.2. The molecular formula is C25H28N4S. The number of aromatic nitrogens is 2. The second kappa shape index (κ2) is 8.36. The Morgan fingerprint density at radius 2 is 1.07 bits per heavy atom. The number of para-hydroxylation sites is 2. The van der Waals surface area contributed by atoms with Crippen LogP contribution in [0.25, 0.3) is 11.0 Å². The fourth-order valence-corrected chi connectivity index (χ4v) is 3.95. The molecule has 0 spiro atoms. The highest BCUT2D eigenvalue weighted by Crippen LogP contribution is 2.21. The van der Waals surface area contributed by atoms with E-state index >= 15 is 0 Å². The highest BCUT2D eigenvalue weighted by molar-refractivity contribution is 7.71. The fraction of sp³-hybridized carbons (Fsp3) is 0.240. The summed E-state index contributed by atoms with van der Waals surface area (Å²) < 4.78 is 5.10. The summed E-state index contributed by atoms with van der Waals surface area (Å²) in [4.78, 5) is 0. The molecule has 0 fully saturated rings. The lowest BCUT2D eigenvalue weighted by molar-refractivity contribution is 0.709. The lowest BCUT2D eigenvalue weighted by Crippen LogP contribution is -2.12. The number of nitrogens with one attached hydrogen (secondary N) is 2. The monoisotopic (exact) mass is 416 g/mol. The molecule has 154 valence electrons. The summed E-state index contributed by atoms with van der Waals surface area (Å²) in [5.41, 5.74) is 9.61. The topological polar surface area (TPSA) is 33.9 Å². The summed E-state index contributed by atoms with van der Waals surface area (Å²) in [5.74, 6) is 0. The van der Waals surface area contributed by atoms with E-state index in [4.69, 9.17) is 12.2 Å². The van der Waals surface area contributed by atoms with E-state index in [0.717, 1.165) is 27.2 Å². The second-order valence-corrected chi connectivity index (χ2v) is 8.26. The third kappa shape index (κ3) is 3.98. The van der Waals surface area contributed by atoms with Gasteiger partial charge in [0.15, 0.2) is 4.77 Å². The number of hydrogen-bond acceptors (Lipinski definition) is 3. The molecule has 1 heterocycles. The molecule has 4 rings (SSSR count). The molecule has 0 bridgehead atoms. The van der Waals surface area contributed by atoms with E-state index in [1.165, 1.54) is 22.3 Å². The Morgan fingerprint density at radius 3 is 1.47 bits per heavy atom. The number of nitrogens with zero attached hydrogens (tertiary/aromatic N) is 2. The smallest absolute Gasteiger partial charge is 0.183 e. The molecule has 5 heteroatoms. The molecule has 0 amide bonds. The van der Waals surface area contributed by atoms with Gasteiger partial charge in [0.25, 0.3) is 0 Å². The van der Waals surface area contributed by atoms with E-state index in [1.807, 2.05) is 0 Å². The van der Waals surface area contributed by atoms with Crippen LogP contribution in [0, 0.1) is 32.5 Å². The molecular weight excluding hydrogens is 388 g/mol. The molecule has 0 aliphatic rings. The zero-order chi connectivity index (χ0) is 21.3. The van der Waals surface area contributed by atoms with E-state index in [0.29, 0.717) is 13.3 Å². The van der Waals surface area contributed by atoms with Gasteiger partial charge in [-0.05, 0) is 98.6 Å². The van der Waals surface area contributed by atoms with Gasteiger partial charge in [-0.25, -0.2) is 0 Å².